The van der Waals surface area contributed by atoms with Gasteiger partial charge in [-0.1, -0.05) is 32.4 Å². The fourth-order valence-electron chi connectivity index (χ4n) is 2.41. The van der Waals surface area contributed by atoms with Gasteiger partial charge in [0, 0.05) is 12.0 Å². The van der Waals surface area contributed by atoms with E-state index in [0.717, 1.165) is 24.8 Å². The van der Waals surface area contributed by atoms with Crippen molar-refractivity contribution in [3.8, 4) is 0 Å². The number of nitrogens with two attached hydrogens (primary N) is 1. The zero-order valence-corrected chi connectivity index (χ0v) is 12.2. The molecular weight excluding hydrogens is 255 g/mol. The van der Waals surface area contributed by atoms with Crippen molar-refractivity contribution in [2.75, 3.05) is 6.54 Å². The molecule has 110 valence electrons. The minimum atomic E-state index is -0.455. The van der Waals surface area contributed by atoms with Crippen LogP contribution in [0.15, 0.2) is 24.3 Å². The number of carbonyl (C=O) groups is 1. The van der Waals surface area contributed by atoms with Crippen molar-refractivity contribution in [2.45, 2.75) is 44.6 Å². The van der Waals surface area contributed by atoms with Gasteiger partial charge in [-0.2, -0.15) is 0 Å². The quantitative estimate of drug-likeness (QED) is 0.839. The molecule has 0 heterocycles. The molecule has 1 saturated carbocycles. The lowest BCUT2D eigenvalue weighted by Crippen LogP contribution is -2.46. The second-order valence-electron chi connectivity index (χ2n) is 5.92. The summed E-state index contributed by atoms with van der Waals surface area (Å²) in [6, 6.07) is 6.11. The summed E-state index contributed by atoms with van der Waals surface area (Å²) in [5, 5.41) is 2.96. The normalized spacial score (nSPS) is 19.2. The highest BCUT2D eigenvalue weighted by Crippen LogP contribution is 2.47. The van der Waals surface area contributed by atoms with Crippen LogP contribution in [0.4, 0.5) is 4.39 Å². The first kappa shape index (κ1) is 15.0. The summed E-state index contributed by atoms with van der Waals surface area (Å²) in [6.45, 7) is 4.59. The maximum absolute atomic E-state index is 13.0. The third-order valence-electron chi connectivity index (χ3n) is 4.47. The lowest BCUT2D eigenvalue weighted by molar-refractivity contribution is -0.123. The highest BCUT2D eigenvalue weighted by molar-refractivity contribution is 5.81. The average molecular weight is 278 g/mol. The molecule has 2 atom stereocenters. The maximum atomic E-state index is 13.0. The van der Waals surface area contributed by atoms with E-state index in [0.29, 0.717) is 6.54 Å². The van der Waals surface area contributed by atoms with Gasteiger partial charge >= 0.3 is 0 Å². The lowest BCUT2D eigenvalue weighted by Gasteiger charge is -2.21. The Morgan fingerprint density at radius 1 is 1.40 bits per heavy atom. The summed E-state index contributed by atoms with van der Waals surface area (Å²) in [5.41, 5.74) is 7.00. The number of amides is 1. The Labute approximate surface area is 119 Å². The van der Waals surface area contributed by atoms with Crippen molar-refractivity contribution < 1.29 is 9.18 Å². The van der Waals surface area contributed by atoms with E-state index in [4.69, 9.17) is 5.73 Å². The largest absolute Gasteiger partial charge is 0.354 e. The number of hydrogen-bond acceptors (Lipinski definition) is 2. The number of benzene rings is 1. The SMILES string of the molecule is CCC(C)[C@H](N)C(=O)NCC1(c2ccc(F)cc2)CC1. The molecule has 4 heteroatoms. The Kier molecular flexibility index (Phi) is 4.43. The second-order valence-corrected chi connectivity index (χ2v) is 5.92. The molecule has 0 saturated heterocycles. The molecule has 1 aromatic carbocycles. The Balaban J connectivity index is 1.93. The van der Waals surface area contributed by atoms with E-state index in [1.807, 2.05) is 26.0 Å². The predicted molar refractivity (Wildman–Crippen MR) is 77.8 cm³/mol. The molecule has 1 unspecified atom stereocenters. The van der Waals surface area contributed by atoms with Crippen LogP contribution in [0, 0.1) is 11.7 Å². The van der Waals surface area contributed by atoms with Gasteiger partial charge in [0.05, 0.1) is 6.04 Å². The van der Waals surface area contributed by atoms with Crippen LogP contribution < -0.4 is 11.1 Å². The van der Waals surface area contributed by atoms with Crippen molar-refractivity contribution in [1.82, 2.24) is 5.32 Å². The zero-order valence-electron chi connectivity index (χ0n) is 12.2. The predicted octanol–water partition coefficient (Wildman–Crippen LogP) is 2.35. The summed E-state index contributed by atoms with van der Waals surface area (Å²) in [7, 11) is 0. The molecule has 0 aromatic heterocycles. The standard InChI is InChI=1S/C16H23FN2O/c1-3-11(2)14(18)15(20)19-10-16(8-9-16)12-4-6-13(17)7-5-12/h4-7,11,14H,3,8-10,18H2,1-2H3,(H,19,20)/t11?,14-/m0/s1. The molecule has 20 heavy (non-hydrogen) atoms. The summed E-state index contributed by atoms with van der Waals surface area (Å²) < 4.78 is 13.0. The first-order valence-corrected chi connectivity index (χ1v) is 7.28. The van der Waals surface area contributed by atoms with Gasteiger partial charge in [0.15, 0.2) is 0 Å². The molecule has 3 nitrogen and oxygen atoms in total. The van der Waals surface area contributed by atoms with Crippen molar-refractivity contribution in [3.05, 3.63) is 35.6 Å². The second kappa shape index (κ2) is 5.92. The Hall–Kier alpha value is -1.42. The number of nitrogens with one attached hydrogen (secondary N) is 1. The summed E-state index contributed by atoms with van der Waals surface area (Å²) in [6.07, 6.45) is 2.94. The van der Waals surface area contributed by atoms with Crippen molar-refractivity contribution in [1.29, 1.82) is 0 Å². The Morgan fingerprint density at radius 3 is 2.50 bits per heavy atom. The van der Waals surface area contributed by atoms with Crippen LogP contribution >= 0.6 is 0 Å². The van der Waals surface area contributed by atoms with Gasteiger partial charge in [-0.3, -0.25) is 4.79 Å². The number of halogens is 1. The smallest absolute Gasteiger partial charge is 0.237 e. The molecule has 1 aliphatic rings. The van der Waals surface area contributed by atoms with Crippen LogP contribution in [-0.2, 0) is 10.2 Å². The van der Waals surface area contributed by atoms with Crippen LogP contribution in [0.5, 0.6) is 0 Å². The summed E-state index contributed by atoms with van der Waals surface area (Å²) in [5.74, 6) is -0.143. The fraction of sp³-hybridized carbons (Fsp3) is 0.562. The van der Waals surface area contributed by atoms with Crippen LogP contribution in [0.1, 0.15) is 38.7 Å². The molecule has 1 amide bonds. The molecular formula is C16H23FN2O. The summed E-state index contributed by atoms with van der Waals surface area (Å²) >= 11 is 0. The minimum absolute atomic E-state index is 0.0153. The van der Waals surface area contributed by atoms with Crippen LogP contribution in [-0.4, -0.2) is 18.5 Å². The van der Waals surface area contributed by atoms with Gasteiger partial charge in [0.2, 0.25) is 5.91 Å². The van der Waals surface area contributed by atoms with E-state index in [-0.39, 0.29) is 23.1 Å². The number of carbonyl (C=O) groups excluding carboxylic acids is 1. The van der Waals surface area contributed by atoms with E-state index < -0.39 is 6.04 Å². The highest BCUT2D eigenvalue weighted by Gasteiger charge is 2.44. The van der Waals surface area contributed by atoms with Crippen LogP contribution in [0.25, 0.3) is 0 Å². The molecule has 0 radical (unpaired) electrons. The summed E-state index contributed by atoms with van der Waals surface area (Å²) in [4.78, 5) is 12.0. The van der Waals surface area contributed by atoms with Gasteiger partial charge in [0.1, 0.15) is 5.82 Å². The van der Waals surface area contributed by atoms with E-state index in [2.05, 4.69) is 5.32 Å². The van der Waals surface area contributed by atoms with Crippen LogP contribution in [0.3, 0.4) is 0 Å². The van der Waals surface area contributed by atoms with E-state index in [1.54, 1.807) is 0 Å². The molecule has 3 N–H and O–H groups in total. The Morgan fingerprint density at radius 2 is 2.00 bits per heavy atom. The molecule has 1 fully saturated rings. The average Bonchev–Trinajstić information content (AvgIpc) is 3.25. The van der Waals surface area contributed by atoms with Gasteiger partial charge in [-0.05, 0) is 36.5 Å². The molecule has 1 aromatic rings. The Bertz CT molecular complexity index is 468. The highest BCUT2D eigenvalue weighted by atomic mass is 19.1. The van der Waals surface area contributed by atoms with E-state index in [1.165, 1.54) is 12.1 Å². The van der Waals surface area contributed by atoms with E-state index >= 15 is 0 Å². The van der Waals surface area contributed by atoms with Crippen molar-refractivity contribution in [3.63, 3.8) is 0 Å². The molecule has 2 rings (SSSR count). The first-order valence-electron chi connectivity index (χ1n) is 7.28. The van der Waals surface area contributed by atoms with Crippen LogP contribution in [0.2, 0.25) is 0 Å². The first-order chi connectivity index (χ1) is 9.48. The maximum Gasteiger partial charge on any atom is 0.237 e. The molecule has 0 aliphatic heterocycles. The zero-order chi connectivity index (χ0) is 14.8. The van der Waals surface area contributed by atoms with E-state index in [9.17, 15) is 9.18 Å². The minimum Gasteiger partial charge on any atom is -0.354 e. The molecule has 1 aliphatic carbocycles. The third kappa shape index (κ3) is 3.18. The lowest BCUT2D eigenvalue weighted by atomic mass is 9.95. The fourth-order valence-corrected chi connectivity index (χ4v) is 2.41. The van der Waals surface area contributed by atoms with Crippen molar-refractivity contribution >= 4 is 5.91 Å². The number of hydrogen-bond donors (Lipinski definition) is 2. The molecule has 0 spiro atoms. The monoisotopic (exact) mass is 278 g/mol. The number of rotatable bonds is 6. The van der Waals surface area contributed by atoms with Gasteiger partial charge < -0.3 is 11.1 Å². The molecule has 0 bridgehead atoms. The van der Waals surface area contributed by atoms with Gasteiger partial charge in [0.25, 0.3) is 0 Å². The van der Waals surface area contributed by atoms with Gasteiger partial charge in [-0.25, -0.2) is 4.39 Å². The van der Waals surface area contributed by atoms with Crippen molar-refractivity contribution in [2.24, 2.45) is 11.7 Å². The van der Waals surface area contributed by atoms with Gasteiger partial charge in [-0.15, -0.1) is 0 Å². The topological polar surface area (TPSA) is 55.1 Å². The third-order valence-corrected chi connectivity index (χ3v) is 4.47.